The van der Waals surface area contributed by atoms with E-state index < -0.39 is 0 Å². The van der Waals surface area contributed by atoms with E-state index in [2.05, 4.69) is 56.3 Å². The van der Waals surface area contributed by atoms with Crippen LogP contribution in [0.2, 0.25) is 0 Å². The van der Waals surface area contributed by atoms with Crippen molar-refractivity contribution >= 4 is 27.5 Å². The summed E-state index contributed by atoms with van der Waals surface area (Å²) in [5.41, 5.74) is 4.78. The topological polar surface area (TPSA) is 35.6 Å². The summed E-state index contributed by atoms with van der Waals surface area (Å²) < 4.78 is 0.834. The van der Waals surface area contributed by atoms with E-state index in [0.29, 0.717) is 12.1 Å². The zero-order valence-electron chi connectivity index (χ0n) is 15.7. The van der Waals surface area contributed by atoms with Crippen molar-refractivity contribution in [2.75, 3.05) is 38.1 Å². The Morgan fingerprint density at radius 2 is 1.93 bits per heavy atom. The molecule has 4 nitrogen and oxygen atoms in total. The lowest BCUT2D eigenvalue weighted by Crippen LogP contribution is -2.37. The maximum absolute atomic E-state index is 12.7. The molecule has 4 rings (SSSR count). The quantitative estimate of drug-likeness (QED) is 0.782. The Morgan fingerprint density at radius 1 is 1.15 bits per heavy atom. The number of halogens is 1. The number of benzene rings is 2. The van der Waals surface area contributed by atoms with Gasteiger partial charge in [0.25, 0.3) is 5.91 Å². The fourth-order valence-electron chi connectivity index (χ4n) is 4.23. The second-order valence-corrected chi connectivity index (χ2v) is 8.36. The van der Waals surface area contributed by atoms with Gasteiger partial charge in [0, 0.05) is 30.3 Å². The lowest BCUT2D eigenvalue weighted by molar-refractivity contribution is 0.0937. The number of carbonyl (C=O) groups is 1. The van der Waals surface area contributed by atoms with Crippen molar-refractivity contribution in [2.45, 2.75) is 25.3 Å². The Bertz CT molecular complexity index is 832. The van der Waals surface area contributed by atoms with Crippen molar-refractivity contribution in [3.8, 4) is 0 Å². The SMILES string of the molecule is CN1CCc2cc([C@H](CNC(=O)c3ccccc3Br)N3CCCC3)ccc21. The fourth-order valence-corrected chi connectivity index (χ4v) is 4.70. The third-order valence-corrected chi connectivity index (χ3v) is 6.46. The monoisotopic (exact) mass is 427 g/mol. The van der Waals surface area contributed by atoms with E-state index in [1.807, 2.05) is 24.3 Å². The molecule has 0 radical (unpaired) electrons. The molecule has 1 N–H and O–H groups in total. The molecule has 2 aliphatic heterocycles. The van der Waals surface area contributed by atoms with Crippen molar-refractivity contribution in [3.63, 3.8) is 0 Å². The van der Waals surface area contributed by atoms with Crippen molar-refractivity contribution in [2.24, 2.45) is 0 Å². The summed E-state index contributed by atoms with van der Waals surface area (Å²) in [6.45, 7) is 3.93. The highest BCUT2D eigenvalue weighted by atomic mass is 79.9. The third-order valence-electron chi connectivity index (χ3n) is 5.77. The van der Waals surface area contributed by atoms with Crippen LogP contribution in [0.4, 0.5) is 5.69 Å². The van der Waals surface area contributed by atoms with Crippen LogP contribution in [0.25, 0.3) is 0 Å². The molecule has 2 aromatic carbocycles. The van der Waals surface area contributed by atoms with Crippen LogP contribution >= 0.6 is 15.9 Å². The van der Waals surface area contributed by atoms with Crippen LogP contribution in [0.15, 0.2) is 46.9 Å². The highest BCUT2D eigenvalue weighted by molar-refractivity contribution is 9.10. The number of nitrogens with one attached hydrogen (secondary N) is 1. The van der Waals surface area contributed by atoms with E-state index in [1.165, 1.54) is 29.7 Å². The summed E-state index contributed by atoms with van der Waals surface area (Å²) in [5, 5.41) is 3.17. The van der Waals surface area contributed by atoms with Gasteiger partial charge in [0.1, 0.15) is 0 Å². The maximum Gasteiger partial charge on any atom is 0.252 e. The minimum Gasteiger partial charge on any atom is -0.374 e. The number of nitrogens with zero attached hydrogens (tertiary/aromatic N) is 2. The first-order chi connectivity index (χ1) is 13.1. The van der Waals surface area contributed by atoms with Crippen LogP contribution in [-0.4, -0.2) is 44.0 Å². The van der Waals surface area contributed by atoms with Crippen LogP contribution in [0.3, 0.4) is 0 Å². The number of fused-ring (bicyclic) bond motifs is 1. The average Bonchev–Trinajstić information content (AvgIpc) is 3.33. The Morgan fingerprint density at radius 3 is 2.70 bits per heavy atom. The molecular formula is C22H26BrN3O. The highest BCUT2D eigenvalue weighted by Crippen LogP contribution is 2.32. The second kappa shape index (κ2) is 8.03. The van der Waals surface area contributed by atoms with Gasteiger partial charge in [0.2, 0.25) is 0 Å². The number of hydrogen-bond acceptors (Lipinski definition) is 3. The van der Waals surface area contributed by atoms with Gasteiger partial charge in [-0.2, -0.15) is 0 Å². The fraction of sp³-hybridized carbons (Fsp3) is 0.409. The molecule has 1 amide bonds. The summed E-state index contributed by atoms with van der Waals surface area (Å²) in [5.74, 6) is -0.0208. The number of likely N-dealkylation sites (N-methyl/N-ethyl adjacent to an activating group) is 1. The molecule has 2 aromatic rings. The normalized spacial score (nSPS) is 17.8. The second-order valence-electron chi connectivity index (χ2n) is 7.51. The molecule has 0 bridgehead atoms. The van der Waals surface area contributed by atoms with Gasteiger partial charge in [-0.15, -0.1) is 0 Å². The lowest BCUT2D eigenvalue weighted by atomic mass is 10.0. The molecule has 0 spiro atoms. The Kier molecular flexibility index (Phi) is 5.50. The summed E-state index contributed by atoms with van der Waals surface area (Å²) in [7, 11) is 2.15. The van der Waals surface area contributed by atoms with Gasteiger partial charge >= 0.3 is 0 Å². The van der Waals surface area contributed by atoms with E-state index in [4.69, 9.17) is 0 Å². The minimum atomic E-state index is -0.0208. The Hall–Kier alpha value is -1.85. The molecule has 0 saturated carbocycles. The minimum absolute atomic E-state index is 0.0208. The van der Waals surface area contributed by atoms with Gasteiger partial charge in [0.15, 0.2) is 0 Å². The molecular weight excluding hydrogens is 402 g/mol. The number of rotatable bonds is 5. The number of likely N-dealkylation sites (tertiary alicyclic amines) is 1. The molecule has 142 valence electrons. The van der Waals surface area contributed by atoms with Gasteiger partial charge in [-0.1, -0.05) is 24.3 Å². The number of carbonyl (C=O) groups excluding carboxylic acids is 1. The molecule has 1 fully saturated rings. The first-order valence-corrected chi connectivity index (χ1v) is 10.5. The van der Waals surface area contributed by atoms with Crippen LogP contribution in [0.1, 0.15) is 40.4 Å². The standard InChI is InChI=1S/C22H26BrN3O/c1-25-13-10-17-14-16(8-9-20(17)25)21(26-11-4-5-12-26)15-24-22(27)18-6-2-3-7-19(18)23/h2-3,6-9,14,21H,4-5,10-13,15H2,1H3,(H,24,27)/t21-/m0/s1. The van der Waals surface area contributed by atoms with E-state index >= 15 is 0 Å². The molecule has 0 aliphatic carbocycles. The molecule has 2 aliphatic rings. The average molecular weight is 428 g/mol. The van der Waals surface area contributed by atoms with Gasteiger partial charge in [0.05, 0.1) is 11.6 Å². The van der Waals surface area contributed by atoms with Crippen LogP contribution in [-0.2, 0) is 6.42 Å². The van der Waals surface area contributed by atoms with Gasteiger partial charge in [-0.05, 0) is 77.6 Å². The van der Waals surface area contributed by atoms with Gasteiger partial charge < -0.3 is 10.2 Å². The Labute approximate surface area is 169 Å². The number of anilines is 1. The lowest BCUT2D eigenvalue weighted by Gasteiger charge is -2.29. The van der Waals surface area contributed by atoms with Crippen molar-refractivity contribution in [1.29, 1.82) is 0 Å². The Balaban J connectivity index is 1.53. The summed E-state index contributed by atoms with van der Waals surface area (Å²) in [6, 6.07) is 14.7. The first kappa shape index (κ1) is 18.5. The summed E-state index contributed by atoms with van der Waals surface area (Å²) >= 11 is 3.48. The summed E-state index contributed by atoms with van der Waals surface area (Å²) in [6.07, 6.45) is 3.58. The van der Waals surface area contributed by atoms with Crippen molar-refractivity contribution < 1.29 is 4.79 Å². The van der Waals surface area contributed by atoms with Crippen molar-refractivity contribution in [3.05, 3.63) is 63.6 Å². The van der Waals surface area contributed by atoms with Crippen LogP contribution in [0, 0.1) is 0 Å². The number of amides is 1. The van der Waals surface area contributed by atoms with Crippen molar-refractivity contribution in [1.82, 2.24) is 10.2 Å². The molecule has 5 heteroatoms. The van der Waals surface area contributed by atoms with E-state index in [9.17, 15) is 4.79 Å². The maximum atomic E-state index is 12.7. The molecule has 1 atom stereocenters. The van der Waals surface area contributed by atoms with E-state index in [0.717, 1.165) is 30.5 Å². The van der Waals surface area contributed by atoms with Crippen LogP contribution in [0.5, 0.6) is 0 Å². The molecule has 1 saturated heterocycles. The zero-order chi connectivity index (χ0) is 18.8. The largest absolute Gasteiger partial charge is 0.374 e. The zero-order valence-corrected chi connectivity index (χ0v) is 17.3. The number of hydrogen-bond donors (Lipinski definition) is 1. The van der Waals surface area contributed by atoms with Gasteiger partial charge in [-0.25, -0.2) is 0 Å². The first-order valence-electron chi connectivity index (χ1n) is 9.74. The van der Waals surface area contributed by atoms with E-state index in [-0.39, 0.29) is 11.9 Å². The predicted octanol–water partition coefficient (Wildman–Crippen LogP) is 4.01. The van der Waals surface area contributed by atoms with Gasteiger partial charge in [-0.3, -0.25) is 9.69 Å². The molecule has 0 unspecified atom stereocenters. The predicted molar refractivity (Wildman–Crippen MR) is 113 cm³/mol. The van der Waals surface area contributed by atoms with Crippen LogP contribution < -0.4 is 10.2 Å². The smallest absolute Gasteiger partial charge is 0.252 e. The molecule has 2 heterocycles. The van der Waals surface area contributed by atoms with E-state index in [1.54, 1.807) is 0 Å². The third kappa shape index (κ3) is 3.90. The summed E-state index contributed by atoms with van der Waals surface area (Å²) in [4.78, 5) is 17.5. The molecule has 27 heavy (non-hydrogen) atoms. The molecule has 0 aromatic heterocycles. The highest BCUT2D eigenvalue weighted by Gasteiger charge is 2.26.